The van der Waals surface area contributed by atoms with Gasteiger partial charge in [0.05, 0.1) is 0 Å². The third-order valence-electron chi connectivity index (χ3n) is 5.51. The third-order valence-corrected chi connectivity index (χ3v) is 5.51. The lowest BCUT2D eigenvalue weighted by atomic mass is 9.89. The Morgan fingerprint density at radius 3 is 2.50 bits per heavy atom. The van der Waals surface area contributed by atoms with Crippen LogP contribution < -0.4 is 10.6 Å². The molecule has 0 atom stereocenters. The number of rotatable bonds is 9. The second-order valence-corrected chi connectivity index (χ2v) is 8.11. The summed E-state index contributed by atoms with van der Waals surface area (Å²) in [6, 6.07) is 9.32. The molecule has 1 aromatic heterocycles. The first kappa shape index (κ1) is 23.4. The molecule has 1 heterocycles. The van der Waals surface area contributed by atoms with E-state index in [0.717, 1.165) is 44.1 Å². The summed E-state index contributed by atoms with van der Waals surface area (Å²) in [7, 11) is 0. The van der Waals surface area contributed by atoms with Crippen LogP contribution in [0.1, 0.15) is 69.1 Å². The molecule has 0 bridgehead atoms. The molecule has 3 rings (SSSR count). The van der Waals surface area contributed by atoms with Crippen LogP contribution in [0, 0.1) is 0 Å². The van der Waals surface area contributed by atoms with Gasteiger partial charge in [-0.15, -0.1) is 0 Å². The predicted molar refractivity (Wildman–Crippen MR) is 115 cm³/mol. The maximum atomic E-state index is 12.1. The Morgan fingerprint density at radius 1 is 1.09 bits per heavy atom. The molecule has 2 aromatic rings. The second-order valence-electron chi connectivity index (χ2n) is 8.11. The molecule has 32 heavy (non-hydrogen) atoms. The van der Waals surface area contributed by atoms with E-state index in [1.165, 1.54) is 6.92 Å². The van der Waals surface area contributed by atoms with E-state index in [1.54, 1.807) is 0 Å². The van der Waals surface area contributed by atoms with Crippen molar-refractivity contribution in [3.63, 3.8) is 0 Å². The molecule has 0 saturated heterocycles. The molecule has 1 aliphatic carbocycles. The van der Waals surface area contributed by atoms with Gasteiger partial charge in [-0.1, -0.05) is 61.2 Å². The Morgan fingerprint density at radius 2 is 1.81 bits per heavy atom. The highest BCUT2D eigenvalue weighted by molar-refractivity contribution is 5.81. The van der Waals surface area contributed by atoms with E-state index in [-0.39, 0.29) is 37.8 Å². The van der Waals surface area contributed by atoms with Crippen molar-refractivity contribution in [1.29, 1.82) is 0 Å². The van der Waals surface area contributed by atoms with Crippen molar-refractivity contribution in [3.05, 3.63) is 47.6 Å². The Labute approximate surface area is 187 Å². The number of nitrogens with zero attached hydrogens (tertiary/aromatic N) is 2. The molecule has 9 nitrogen and oxygen atoms in total. The van der Waals surface area contributed by atoms with Gasteiger partial charge >= 0.3 is 5.97 Å². The molecule has 0 spiro atoms. The van der Waals surface area contributed by atoms with E-state index in [1.807, 2.05) is 30.3 Å². The van der Waals surface area contributed by atoms with Crippen LogP contribution in [0.15, 0.2) is 34.9 Å². The Kier molecular flexibility index (Phi) is 8.35. The Bertz CT molecular complexity index is 904. The average molecular weight is 443 g/mol. The molecule has 0 aliphatic heterocycles. The van der Waals surface area contributed by atoms with E-state index in [0.29, 0.717) is 11.7 Å². The summed E-state index contributed by atoms with van der Waals surface area (Å²) in [5, 5.41) is 9.68. The standard InChI is InChI=1S/C23H30N4O5/c1-17(28)26-23(13-7-2-3-8-14-23)22-25-20(32-27-22)12-11-19(29)24-15-21(30)31-16-18-9-5-4-6-10-18/h4-6,9-10H,2-3,7-8,11-16H2,1H3,(H,24,29)(H,26,28). The minimum Gasteiger partial charge on any atom is -0.460 e. The first-order valence-corrected chi connectivity index (χ1v) is 11.0. The maximum absolute atomic E-state index is 12.1. The normalized spacial score (nSPS) is 15.4. The number of esters is 1. The van der Waals surface area contributed by atoms with Crippen LogP contribution in [-0.2, 0) is 37.7 Å². The van der Waals surface area contributed by atoms with Gasteiger partial charge in [-0.2, -0.15) is 4.98 Å². The van der Waals surface area contributed by atoms with Gasteiger partial charge in [-0.05, 0) is 18.4 Å². The molecular formula is C23H30N4O5. The fraction of sp³-hybridized carbons (Fsp3) is 0.522. The van der Waals surface area contributed by atoms with Crippen LogP contribution in [0.5, 0.6) is 0 Å². The van der Waals surface area contributed by atoms with Crippen LogP contribution in [0.2, 0.25) is 0 Å². The molecular weight excluding hydrogens is 412 g/mol. The fourth-order valence-electron chi connectivity index (χ4n) is 3.89. The van der Waals surface area contributed by atoms with Crippen LogP contribution in [0.25, 0.3) is 0 Å². The zero-order valence-electron chi connectivity index (χ0n) is 18.4. The van der Waals surface area contributed by atoms with E-state index in [4.69, 9.17) is 9.26 Å². The zero-order valence-corrected chi connectivity index (χ0v) is 18.4. The summed E-state index contributed by atoms with van der Waals surface area (Å²) >= 11 is 0. The van der Waals surface area contributed by atoms with Gasteiger partial charge in [0.2, 0.25) is 17.7 Å². The van der Waals surface area contributed by atoms with Gasteiger partial charge in [0.15, 0.2) is 5.82 Å². The van der Waals surface area contributed by atoms with Crippen LogP contribution in [0.3, 0.4) is 0 Å². The number of carbonyl (C=O) groups is 3. The van der Waals surface area contributed by atoms with Gasteiger partial charge < -0.3 is 19.9 Å². The molecule has 2 amide bonds. The number of carbonyl (C=O) groups excluding carboxylic acids is 3. The summed E-state index contributed by atoms with van der Waals surface area (Å²) in [6.45, 7) is 1.45. The number of benzene rings is 1. The summed E-state index contributed by atoms with van der Waals surface area (Å²) in [5.74, 6) is -0.151. The second kappa shape index (κ2) is 11.4. The van der Waals surface area contributed by atoms with Crippen molar-refractivity contribution in [1.82, 2.24) is 20.8 Å². The highest BCUT2D eigenvalue weighted by Crippen LogP contribution is 2.34. The molecule has 0 unspecified atom stereocenters. The largest absolute Gasteiger partial charge is 0.460 e. The van der Waals surface area contributed by atoms with Gasteiger partial charge in [-0.25, -0.2) is 0 Å². The smallest absolute Gasteiger partial charge is 0.325 e. The summed E-state index contributed by atoms with van der Waals surface area (Å²) in [6.07, 6.45) is 6.04. The Balaban J connectivity index is 1.46. The van der Waals surface area contributed by atoms with Crippen LogP contribution in [-0.4, -0.2) is 34.5 Å². The topological polar surface area (TPSA) is 123 Å². The number of aryl methyl sites for hydroxylation is 1. The number of hydrogen-bond donors (Lipinski definition) is 2. The summed E-state index contributed by atoms with van der Waals surface area (Å²) in [4.78, 5) is 40.2. The number of amides is 2. The van der Waals surface area contributed by atoms with Gasteiger partial charge in [0.1, 0.15) is 18.7 Å². The van der Waals surface area contributed by atoms with Gasteiger partial charge in [-0.3, -0.25) is 14.4 Å². The SMILES string of the molecule is CC(=O)NC1(c2noc(CCC(=O)NCC(=O)OCc3ccccc3)n2)CCCCCC1. The number of aromatic nitrogens is 2. The molecule has 1 aliphatic rings. The lowest BCUT2D eigenvalue weighted by molar-refractivity contribution is -0.145. The van der Waals surface area contributed by atoms with E-state index >= 15 is 0 Å². The molecule has 1 aromatic carbocycles. The zero-order chi connectivity index (χ0) is 22.8. The van der Waals surface area contributed by atoms with Crippen molar-refractivity contribution in [2.45, 2.75) is 70.4 Å². The van der Waals surface area contributed by atoms with Crippen molar-refractivity contribution in [3.8, 4) is 0 Å². The van der Waals surface area contributed by atoms with E-state index in [9.17, 15) is 14.4 Å². The minimum atomic E-state index is -0.616. The van der Waals surface area contributed by atoms with Crippen molar-refractivity contribution >= 4 is 17.8 Å². The molecule has 172 valence electrons. The first-order chi connectivity index (χ1) is 15.5. The van der Waals surface area contributed by atoms with Crippen molar-refractivity contribution in [2.24, 2.45) is 0 Å². The average Bonchev–Trinajstić information content (AvgIpc) is 3.15. The maximum Gasteiger partial charge on any atom is 0.325 e. The first-order valence-electron chi connectivity index (χ1n) is 11.0. The number of ether oxygens (including phenoxy) is 1. The van der Waals surface area contributed by atoms with Crippen LogP contribution in [0.4, 0.5) is 0 Å². The molecule has 9 heteroatoms. The van der Waals surface area contributed by atoms with Crippen LogP contribution >= 0.6 is 0 Å². The van der Waals surface area contributed by atoms with Crippen molar-refractivity contribution in [2.75, 3.05) is 6.54 Å². The Hall–Kier alpha value is -3.23. The van der Waals surface area contributed by atoms with Crippen molar-refractivity contribution < 1.29 is 23.6 Å². The predicted octanol–water partition coefficient (Wildman–Crippen LogP) is 2.55. The fourth-order valence-corrected chi connectivity index (χ4v) is 3.89. The lowest BCUT2D eigenvalue weighted by Crippen LogP contribution is -2.45. The van der Waals surface area contributed by atoms with Gasteiger partial charge in [0, 0.05) is 19.8 Å². The lowest BCUT2D eigenvalue weighted by Gasteiger charge is -2.30. The van der Waals surface area contributed by atoms with E-state index in [2.05, 4.69) is 20.8 Å². The summed E-state index contributed by atoms with van der Waals surface area (Å²) < 4.78 is 10.5. The molecule has 1 fully saturated rings. The molecule has 1 saturated carbocycles. The minimum absolute atomic E-state index is 0.0980. The van der Waals surface area contributed by atoms with Gasteiger partial charge in [0.25, 0.3) is 0 Å². The summed E-state index contributed by atoms with van der Waals surface area (Å²) in [5.41, 5.74) is 0.263. The highest BCUT2D eigenvalue weighted by Gasteiger charge is 2.38. The third kappa shape index (κ3) is 6.90. The molecule has 2 N–H and O–H groups in total. The number of hydrogen-bond acceptors (Lipinski definition) is 7. The van der Waals surface area contributed by atoms with E-state index < -0.39 is 11.5 Å². The quantitative estimate of drug-likeness (QED) is 0.452. The highest BCUT2D eigenvalue weighted by atomic mass is 16.5. The number of nitrogens with one attached hydrogen (secondary N) is 2. The monoisotopic (exact) mass is 442 g/mol. The molecule has 0 radical (unpaired) electrons.